The number of piperazine rings is 1. The second-order valence-electron chi connectivity index (χ2n) is 7.90. The molecule has 0 atom stereocenters. The van der Waals surface area contributed by atoms with Crippen molar-refractivity contribution in [2.45, 2.75) is 19.8 Å². The SMILES string of the molecule is Cc1c(N(Cc2ccc(OC(F)(F)F)cc2)S(=O)(=O)N2CCN(C(=O)O)CC2)sc2ccccc12. The smallest absolute Gasteiger partial charge is 0.465 e. The van der Waals surface area contributed by atoms with Gasteiger partial charge in [-0.15, -0.1) is 24.5 Å². The van der Waals surface area contributed by atoms with Crippen molar-refractivity contribution in [2.24, 2.45) is 0 Å². The van der Waals surface area contributed by atoms with Crippen molar-refractivity contribution in [1.82, 2.24) is 9.21 Å². The highest BCUT2D eigenvalue weighted by atomic mass is 32.2. The third-order valence-corrected chi connectivity index (χ3v) is 8.94. The van der Waals surface area contributed by atoms with Crippen LogP contribution in [0, 0.1) is 6.92 Å². The molecule has 8 nitrogen and oxygen atoms in total. The van der Waals surface area contributed by atoms with E-state index in [1.807, 2.05) is 31.2 Å². The molecule has 1 aliphatic rings. The number of carbonyl (C=O) groups is 1. The molecule has 1 aliphatic heterocycles. The van der Waals surface area contributed by atoms with Crippen molar-refractivity contribution >= 4 is 42.7 Å². The number of thiophene rings is 1. The van der Waals surface area contributed by atoms with Gasteiger partial charge in [0, 0.05) is 30.9 Å². The van der Waals surface area contributed by atoms with E-state index in [-0.39, 0.29) is 32.7 Å². The van der Waals surface area contributed by atoms with Crippen LogP contribution in [-0.2, 0) is 16.8 Å². The lowest BCUT2D eigenvalue weighted by molar-refractivity contribution is -0.274. The van der Waals surface area contributed by atoms with E-state index in [2.05, 4.69) is 4.74 Å². The second-order valence-corrected chi connectivity index (χ2v) is 10.8. The highest BCUT2D eigenvalue weighted by Crippen LogP contribution is 2.40. The summed E-state index contributed by atoms with van der Waals surface area (Å²) in [6, 6.07) is 12.5. The van der Waals surface area contributed by atoms with Crippen LogP contribution in [0.25, 0.3) is 10.1 Å². The molecule has 0 unspecified atom stereocenters. The fourth-order valence-electron chi connectivity index (χ4n) is 3.87. The number of rotatable bonds is 6. The highest BCUT2D eigenvalue weighted by Gasteiger charge is 2.36. The third kappa shape index (κ3) is 5.46. The summed E-state index contributed by atoms with van der Waals surface area (Å²) in [5.41, 5.74) is 1.22. The summed E-state index contributed by atoms with van der Waals surface area (Å²) < 4.78 is 72.3. The molecule has 1 N–H and O–H groups in total. The van der Waals surface area contributed by atoms with Gasteiger partial charge in [0.25, 0.3) is 0 Å². The van der Waals surface area contributed by atoms with E-state index in [4.69, 9.17) is 0 Å². The Hall–Kier alpha value is -3.03. The van der Waals surface area contributed by atoms with E-state index in [9.17, 15) is 31.5 Å². The number of fused-ring (bicyclic) bond motifs is 1. The first-order chi connectivity index (χ1) is 16.5. The zero-order chi connectivity index (χ0) is 25.4. The maximum absolute atomic E-state index is 13.8. The molecule has 0 saturated carbocycles. The summed E-state index contributed by atoms with van der Waals surface area (Å²) >= 11 is 1.30. The molecule has 188 valence electrons. The Balaban J connectivity index is 1.68. The minimum Gasteiger partial charge on any atom is -0.465 e. The van der Waals surface area contributed by atoms with Gasteiger partial charge in [0.2, 0.25) is 0 Å². The van der Waals surface area contributed by atoms with E-state index in [0.29, 0.717) is 10.6 Å². The second kappa shape index (κ2) is 9.55. The van der Waals surface area contributed by atoms with Gasteiger partial charge in [0.15, 0.2) is 0 Å². The number of hydrogen-bond donors (Lipinski definition) is 1. The highest BCUT2D eigenvalue weighted by molar-refractivity contribution is 7.90. The normalized spacial score (nSPS) is 15.4. The van der Waals surface area contributed by atoms with Crippen LogP contribution in [0.5, 0.6) is 5.75 Å². The first kappa shape index (κ1) is 25.1. The van der Waals surface area contributed by atoms with Gasteiger partial charge in [-0.3, -0.25) is 0 Å². The zero-order valence-corrected chi connectivity index (χ0v) is 20.2. The Kier molecular flexibility index (Phi) is 6.84. The topological polar surface area (TPSA) is 90.4 Å². The molecule has 0 radical (unpaired) electrons. The van der Waals surface area contributed by atoms with Crippen molar-refractivity contribution in [2.75, 3.05) is 30.5 Å². The summed E-state index contributed by atoms with van der Waals surface area (Å²) in [5.74, 6) is -0.404. The Labute approximate surface area is 203 Å². The molecule has 35 heavy (non-hydrogen) atoms. The van der Waals surface area contributed by atoms with Crippen LogP contribution in [-0.4, -0.2) is 61.4 Å². The number of nitrogens with zero attached hydrogens (tertiary/aromatic N) is 3. The van der Waals surface area contributed by atoms with Crippen LogP contribution < -0.4 is 9.04 Å². The predicted molar refractivity (Wildman–Crippen MR) is 126 cm³/mol. The van der Waals surface area contributed by atoms with Gasteiger partial charge in [-0.05, 0) is 41.6 Å². The molecule has 0 aliphatic carbocycles. The van der Waals surface area contributed by atoms with Crippen LogP contribution in [0.3, 0.4) is 0 Å². The number of amides is 1. The molecular weight excluding hydrogens is 507 g/mol. The molecule has 1 saturated heterocycles. The summed E-state index contributed by atoms with van der Waals surface area (Å²) in [7, 11) is -4.09. The van der Waals surface area contributed by atoms with E-state index in [0.717, 1.165) is 32.7 Å². The van der Waals surface area contributed by atoms with E-state index >= 15 is 0 Å². The summed E-state index contributed by atoms with van der Waals surface area (Å²) in [6.07, 6.45) is -5.94. The van der Waals surface area contributed by atoms with E-state index in [1.165, 1.54) is 32.1 Å². The van der Waals surface area contributed by atoms with Crippen LogP contribution in [0.4, 0.5) is 23.0 Å². The molecule has 2 heterocycles. The fraction of sp³-hybridized carbons (Fsp3) is 0.318. The lowest BCUT2D eigenvalue weighted by Gasteiger charge is -2.36. The van der Waals surface area contributed by atoms with E-state index < -0.39 is 28.4 Å². The summed E-state index contributed by atoms with van der Waals surface area (Å²) in [5, 5.41) is 10.6. The van der Waals surface area contributed by atoms with Crippen LogP contribution in [0.1, 0.15) is 11.1 Å². The van der Waals surface area contributed by atoms with Crippen LogP contribution >= 0.6 is 11.3 Å². The lowest BCUT2D eigenvalue weighted by Crippen LogP contribution is -2.54. The van der Waals surface area contributed by atoms with Gasteiger partial charge >= 0.3 is 22.7 Å². The number of aryl methyl sites for hydroxylation is 1. The van der Waals surface area contributed by atoms with Gasteiger partial charge in [-0.25, -0.2) is 9.10 Å². The first-order valence-electron chi connectivity index (χ1n) is 10.5. The Morgan fingerprint density at radius 1 is 1.09 bits per heavy atom. The number of halogens is 3. The van der Waals surface area contributed by atoms with Crippen molar-refractivity contribution < 1.29 is 36.2 Å². The molecule has 1 fully saturated rings. The standard InChI is InChI=1S/C22H22F3N3O5S2/c1-15-18-4-2-3-5-19(18)34-20(15)28(14-16-6-8-17(9-7-16)33-22(23,24)25)35(31,32)27-12-10-26(11-13-27)21(29)30/h2-9H,10-14H2,1H3,(H,29,30). The Morgan fingerprint density at radius 3 is 2.29 bits per heavy atom. The minimum absolute atomic E-state index is 0.00651. The number of carboxylic acid groups (broad SMARTS) is 1. The first-order valence-corrected chi connectivity index (χ1v) is 12.8. The average Bonchev–Trinajstić information content (AvgIpc) is 3.13. The zero-order valence-electron chi connectivity index (χ0n) is 18.5. The maximum Gasteiger partial charge on any atom is 0.573 e. The number of alkyl halides is 3. The van der Waals surface area contributed by atoms with Gasteiger partial charge < -0.3 is 14.7 Å². The van der Waals surface area contributed by atoms with Crippen LogP contribution in [0.15, 0.2) is 48.5 Å². The van der Waals surface area contributed by atoms with Crippen molar-refractivity contribution in [3.8, 4) is 5.75 Å². The van der Waals surface area contributed by atoms with Gasteiger partial charge in [-0.1, -0.05) is 30.3 Å². The van der Waals surface area contributed by atoms with Crippen molar-refractivity contribution in [3.63, 3.8) is 0 Å². The number of anilines is 1. The monoisotopic (exact) mass is 529 g/mol. The maximum atomic E-state index is 13.8. The Bertz CT molecular complexity index is 1320. The number of ether oxygens (including phenoxy) is 1. The molecule has 3 aromatic rings. The molecular formula is C22H22F3N3O5S2. The third-order valence-electron chi connectivity index (χ3n) is 5.64. The van der Waals surface area contributed by atoms with Crippen LogP contribution in [0.2, 0.25) is 0 Å². The minimum atomic E-state index is -4.83. The molecule has 1 amide bonds. The molecule has 13 heteroatoms. The van der Waals surface area contributed by atoms with Gasteiger partial charge in [-0.2, -0.15) is 12.7 Å². The Morgan fingerprint density at radius 2 is 1.71 bits per heavy atom. The summed E-state index contributed by atoms with van der Waals surface area (Å²) in [4.78, 5) is 12.4. The number of benzene rings is 2. The molecule has 2 aromatic carbocycles. The van der Waals surface area contributed by atoms with Crippen molar-refractivity contribution in [1.29, 1.82) is 0 Å². The van der Waals surface area contributed by atoms with Gasteiger partial charge in [0.1, 0.15) is 10.8 Å². The predicted octanol–water partition coefficient (Wildman–Crippen LogP) is 4.66. The van der Waals surface area contributed by atoms with Gasteiger partial charge in [0.05, 0.1) is 6.54 Å². The quantitative estimate of drug-likeness (QED) is 0.502. The molecule has 1 aromatic heterocycles. The average molecular weight is 530 g/mol. The molecule has 0 spiro atoms. The largest absolute Gasteiger partial charge is 0.573 e. The molecule has 4 rings (SSSR count). The fourth-order valence-corrected chi connectivity index (χ4v) is 6.94. The van der Waals surface area contributed by atoms with Crippen molar-refractivity contribution in [3.05, 3.63) is 59.7 Å². The lowest BCUT2D eigenvalue weighted by atomic mass is 10.2. The summed E-state index contributed by atoms with van der Waals surface area (Å²) in [6.45, 7) is 1.76. The number of hydrogen-bond acceptors (Lipinski definition) is 5. The molecule has 0 bridgehead atoms. The van der Waals surface area contributed by atoms with E-state index in [1.54, 1.807) is 0 Å².